The first kappa shape index (κ1) is 15.2. The molecule has 0 aliphatic heterocycles. The predicted octanol–water partition coefficient (Wildman–Crippen LogP) is 4.05. The topological polar surface area (TPSA) is 70.0 Å². The maximum absolute atomic E-state index is 9.20. The number of benzene rings is 1. The predicted molar refractivity (Wildman–Crippen MR) is 84.8 cm³/mol. The minimum atomic E-state index is 0.341. The van der Waals surface area contributed by atoms with Crippen LogP contribution in [-0.4, -0.2) is 19.1 Å². The number of pyridine rings is 1. The van der Waals surface area contributed by atoms with Gasteiger partial charge < -0.3 is 15.4 Å². The first-order valence-corrected chi connectivity index (χ1v) is 6.74. The summed E-state index contributed by atoms with van der Waals surface area (Å²) in [5.74, 6) is 1.39. The number of nitrogens with zero attached hydrogens (tertiary/aromatic N) is 2. The van der Waals surface area contributed by atoms with Gasteiger partial charge in [-0.25, -0.2) is 4.98 Å². The van der Waals surface area contributed by atoms with Gasteiger partial charge in [-0.05, 0) is 18.2 Å². The van der Waals surface area contributed by atoms with Crippen LogP contribution in [0.4, 0.5) is 17.3 Å². The molecule has 7 heteroatoms. The van der Waals surface area contributed by atoms with Crippen molar-refractivity contribution in [3.8, 4) is 11.8 Å². The molecule has 0 aliphatic rings. The van der Waals surface area contributed by atoms with Crippen molar-refractivity contribution in [1.82, 2.24) is 4.98 Å². The number of anilines is 3. The van der Waals surface area contributed by atoms with Gasteiger partial charge >= 0.3 is 0 Å². The van der Waals surface area contributed by atoms with Crippen LogP contribution in [0.25, 0.3) is 0 Å². The largest absolute Gasteiger partial charge is 0.495 e. The molecule has 2 N–H and O–H groups in total. The number of rotatable bonds is 4. The number of hydrogen-bond acceptors (Lipinski definition) is 5. The van der Waals surface area contributed by atoms with Crippen molar-refractivity contribution in [1.29, 1.82) is 5.26 Å². The summed E-state index contributed by atoms with van der Waals surface area (Å²) in [6.45, 7) is 0. The third-order valence-corrected chi connectivity index (χ3v) is 3.35. The molecule has 108 valence electrons. The minimum Gasteiger partial charge on any atom is -0.495 e. The van der Waals surface area contributed by atoms with E-state index in [1.807, 2.05) is 0 Å². The highest BCUT2D eigenvalue weighted by Crippen LogP contribution is 2.35. The lowest BCUT2D eigenvalue weighted by molar-refractivity contribution is 0.416. The maximum Gasteiger partial charge on any atom is 0.151 e. The van der Waals surface area contributed by atoms with Crippen LogP contribution in [0.2, 0.25) is 10.0 Å². The zero-order valence-corrected chi connectivity index (χ0v) is 12.9. The molecule has 0 saturated carbocycles. The van der Waals surface area contributed by atoms with Gasteiger partial charge in [0.1, 0.15) is 23.3 Å². The Morgan fingerprint density at radius 2 is 1.95 bits per heavy atom. The Bertz CT molecular complexity index is 713. The molecule has 1 heterocycles. The van der Waals surface area contributed by atoms with Gasteiger partial charge in [0.2, 0.25) is 0 Å². The Morgan fingerprint density at radius 3 is 2.57 bits per heavy atom. The van der Waals surface area contributed by atoms with E-state index < -0.39 is 0 Å². The zero-order valence-electron chi connectivity index (χ0n) is 11.4. The van der Waals surface area contributed by atoms with E-state index in [9.17, 15) is 5.26 Å². The van der Waals surface area contributed by atoms with E-state index in [4.69, 9.17) is 27.9 Å². The fourth-order valence-corrected chi connectivity index (χ4v) is 2.27. The smallest absolute Gasteiger partial charge is 0.151 e. The average molecular weight is 323 g/mol. The van der Waals surface area contributed by atoms with Gasteiger partial charge in [-0.3, -0.25) is 0 Å². The molecule has 5 nitrogen and oxygen atoms in total. The highest BCUT2D eigenvalue weighted by Gasteiger charge is 2.14. The van der Waals surface area contributed by atoms with Crippen molar-refractivity contribution < 1.29 is 4.74 Å². The molecular weight excluding hydrogens is 311 g/mol. The van der Waals surface area contributed by atoms with E-state index in [1.165, 1.54) is 7.11 Å². The SMILES string of the molecule is CNc1nc(Nc2c(C#N)cccc2OC)c(Cl)cc1Cl. The molecule has 0 unspecified atom stereocenters. The first-order chi connectivity index (χ1) is 10.1. The highest BCUT2D eigenvalue weighted by atomic mass is 35.5. The molecule has 0 atom stereocenters. The molecule has 0 radical (unpaired) electrons. The van der Waals surface area contributed by atoms with E-state index >= 15 is 0 Å². The normalized spacial score (nSPS) is 9.86. The molecule has 0 aliphatic carbocycles. The Labute approximate surface area is 132 Å². The summed E-state index contributed by atoms with van der Waals surface area (Å²) in [5.41, 5.74) is 0.925. The number of methoxy groups -OCH3 is 1. The van der Waals surface area contributed by atoms with Gasteiger partial charge in [-0.2, -0.15) is 5.26 Å². The standard InChI is InChI=1S/C14H12Cl2N4O/c1-18-13-9(15)6-10(16)14(20-13)19-12-8(7-17)4-3-5-11(12)21-2/h3-6H,1-2H3,(H2,18,19,20). The monoisotopic (exact) mass is 322 g/mol. The first-order valence-electron chi connectivity index (χ1n) is 5.98. The Kier molecular flexibility index (Phi) is 4.73. The Hall–Kier alpha value is -2.16. The number of aromatic nitrogens is 1. The van der Waals surface area contributed by atoms with E-state index in [0.29, 0.717) is 38.7 Å². The van der Waals surface area contributed by atoms with Gasteiger partial charge in [0.25, 0.3) is 0 Å². The fraction of sp³-hybridized carbons (Fsp3) is 0.143. The third-order valence-electron chi connectivity index (χ3n) is 2.78. The van der Waals surface area contributed by atoms with E-state index in [-0.39, 0.29) is 0 Å². The molecule has 0 saturated heterocycles. The quantitative estimate of drug-likeness (QED) is 0.888. The van der Waals surface area contributed by atoms with Gasteiger partial charge in [0.15, 0.2) is 5.82 Å². The molecule has 0 amide bonds. The summed E-state index contributed by atoms with van der Waals surface area (Å²) < 4.78 is 5.25. The molecule has 0 fully saturated rings. The van der Waals surface area contributed by atoms with Crippen LogP contribution in [0.5, 0.6) is 5.75 Å². The molecule has 2 aromatic rings. The van der Waals surface area contributed by atoms with Crippen LogP contribution >= 0.6 is 23.2 Å². The number of halogens is 2. The van der Waals surface area contributed by atoms with Crippen molar-refractivity contribution in [2.75, 3.05) is 24.8 Å². The van der Waals surface area contributed by atoms with Gasteiger partial charge in [-0.1, -0.05) is 29.3 Å². The van der Waals surface area contributed by atoms with Gasteiger partial charge in [0.05, 0.1) is 22.7 Å². The van der Waals surface area contributed by atoms with Crippen LogP contribution in [0.3, 0.4) is 0 Å². The van der Waals surface area contributed by atoms with E-state index in [2.05, 4.69) is 21.7 Å². The Balaban J connectivity index is 2.50. The lowest BCUT2D eigenvalue weighted by Gasteiger charge is -2.14. The number of nitrogens with one attached hydrogen (secondary N) is 2. The summed E-state index contributed by atoms with van der Waals surface area (Å²) in [6.07, 6.45) is 0. The minimum absolute atomic E-state index is 0.341. The molecule has 0 bridgehead atoms. The van der Waals surface area contributed by atoms with Crippen molar-refractivity contribution in [3.63, 3.8) is 0 Å². The van der Waals surface area contributed by atoms with Crippen LogP contribution in [0.1, 0.15) is 5.56 Å². The lowest BCUT2D eigenvalue weighted by atomic mass is 10.1. The summed E-state index contributed by atoms with van der Waals surface area (Å²) in [5, 5.41) is 15.8. The molecule has 2 rings (SSSR count). The molecule has 1 aromatic heterocycles. The Morgan fingerprint density at radius 1 is 1.24 bits per heavy atom. The van der Waals surface area contributed by atoms with Crippen LogP contribution < -0.4 is 15.4 Å². The van der Waals surface area contributed by atoms with Crippen LogP contribution in [0.15, 0.2) is 24.3 Å². The van der Waals surface area contributed by atoms with Crippen molar-refractivity contribution in [2.24, 2.45) is 0 Å². The average Bonchev–Trinajstić information content (AvgIpc) is 2.49. The number of para-hydroxylation sites is 1. The second-order valence-corrected chi connectivity index (χ2v) is 4.83. The summed E-state index contributed by atoms with van der Waals surface area (Å²) >= 11 is 12.1. The van der Waals surface area contributed by atoms with Crippen molar-refractivity contribution in [3.05, 3.63) is 39.9 Å². The second-order valence-electron chi connectivity index (χ2n) is 4.02. The summed E-state index contributed by atoms with van der Waals surface area (Å²) in [7, 11) is 3.23. The summed E-state index contributed by atoms with van der Waals surface area (Å²) in [4.78, 5) is 4.29. The van der Waals surface area contributed by atoms with Gasteiger partial charge in [-0.15, -0.1) is 0 Å². The highest BCUT2D eigenvalue weighted by molar-refractivity contribution is 6.37. The zero-order chi connectivity index (χ0) is 15.4. The fourth-order valence-electron chi connectivity index (χ4n) is 1.77. The molecule has 21 heavy (non-hydrogen) atoms. The lowest BCUT2D eigenvalue weighted by Crippen LogP contribution is -2.02. The van der Waals surface area contributed by atoms with Crippen LogP contribution in [0, 0.1) is 11.3 Å². The number of nitriles is 1. The second kappa shape index (κ2) is 6.53. The summed E-state index contributed by atoms with van der Waals surface area (Å²) in [6, 6.07) is 8.82. The van der Waals surface area contributed by atoms with Crippen LogP contribution in [-0.2, 0) is 0 Å². The van der Waals surface area contributed by atoms with Crippen molar-refractivity contribution >= 4 is 40.5 Å². The molecule has 0 spiro atoms. The molecule has 1 aromatic carbocycles. The molecular formula is C14H12Cl2N4O. The van der Waals surface area contributed by atoms with E-state index in [1.54, 1.807) is 31.3 Å². The maximum atomic E-state index is 9.20. The van der Waals surface area contributed by atoms with Crippen molar-refractivity contribution in [2.45, 2.75) is 0 Å². The van der Waals surface area contributed by atoms with Gasteiger partial charge in [0, 0.05) is 7.05 Å². The number of hydrogen-bond donors (Lipinski definition) is 2. The third kappa shape index (κ3) is 3.13. The van der Waals surface area contributed by atoms with E-state index in [0.717, 1.165) is 0 Å². The number of ether oxygens (including phenoxy) is 1.